The zero-order valence-electron chi connectivity index (χ0n) is 12.0. The van der Waals surface area contributed by atoms with Gasteiger partial charge in [-0.2, -0.15) is 0 Å². The van der Waals surface area contributed by atoms with Crippen molar-refractivity contribution in [3.05, 3.63) is 42.0 Å². The molecule has 21 heavy (non-hydrogen) atoms. The first-order valence-corrected chi connectivity index (χ1v) is 6.56. The second kappa shape index (κ2) is 7.18. The number of hydrogen-bond donors (Lipinski definition) is 2. The third-order valence-electron chi connectivity index (χ3n) is 2.69. The van der Waals surface area contributed by atoms with Gasteiger partial charge in [0.05, 0.1) is 19.5 Å². The molecule has 0 spiro atoms. The molecular formula is C14H17N5O2. The molecule has 0 fully saturated rings. The second-order valence-corrected chi connectivity index (χ2v) is 4.21. The van der Waals surface area contributed by atoms with Crippen LogP contribution in [0.1, 0.15) is 23.0 Å². The van der Waals surface area contributed by atoms with Crippen molar-refractivity contribution < 1.29 is 9.53 Å². The van der Waals surface area contributed by atoms with Gasteiger partial charge in [-0.15, -0.1) is 0 Å². The number of aromatic nitrogens is 3. The summed E-state index contributed by atoms with van der Waals surface area (Å²) in [5, 5.41) is 5.80. The number of amides is 1. The minimum Gasteiger partial charge on any atom is -0.481 e. The van der Waals surface area contributed by atoms with Crippen molar-refractivity contribution in [1.29, 1.82) is 0 Å². The standard InChI is InChI=1S/C14H17N5O2/c1-3-16-12-9-15-8-11(19-12)14(20)18-7-10-4-5-17-13(6-10)21-2/h4-6,8-9H,3,7H2,1-2H3,(H,16,19)(H,18,20). The minimum atomic E-state index is -0.280. The molecule has 0 radical (unpaired) electrons. The molecule has 0 aliphatic rings. The number of nitrogens with one attached hydrogen (secondary N) is 2. The lowest BCUT2D eigenvalue weighted by atomic mass is 10.2. The lowest BCUT2D eigenvalue weighted by Gasteiger charge is -2.07. The van der Waals surface area contributed by atoms with E-state index < -0.39 is 0 Å². The van der Waals surface area contributed by atoms with Gasteiger partial charge in [-0.05, 0) is 18.6 Å². The average Bonchev–Trinajstić information content (AvgIpc) is 2.53. The van der Waals surface area contributed by atoms with E-state index in [4.69, 9.17) is 4.74 Å². The van der Waals surface area contributed by atoms with Crippen molar-refractivity contribution in [1.82, 2.24) is 20.3 Å². The van der Waals surface area contributed by atoms with Gasteiger partial charge in [0.25, 0.3) is 5.91 Å². The largest absolute Gasteiger partial charge is 0.481 e. The van der Waals surface area contributed by atoms with E-state index in [1.807, 2.05) is 13.0 Å². The Kier molecular flexibility index (Phi) is 5.03. The van der Waals surface area contributed by atoms with E-state index in [0.717, 1.165) is 12.1 Å². The molecular weight excluding hydrogens is 270 g/mol. The van der Waals surface area contributed by atoms with Gasteiger partial charge in [0.2, 0.25) is 5.88 Å². The first kappa shape index (κ1) is 14.7. The van der Waals surface area contributed by atoms with Crippen LogP contribution in [0.5, 0.6) is 5.88 Å². The van der Waals surface area contributed by atoms with E-state index in [0.29, 0.717) is 18.2 Å². The predicted molar refractivity (Wildman–Crippen MR) is 78.2 cm³/mol. The van der Waals surface area contributed by atoms with Gasteiger partial charge in [-0.25, -0.2) is 9.97 Å². The number of carbonyl (C=O) groups excluding carboxylic acids is 1. The lowest BCUT2D eigenvalue weighted by Crippen LogP contribution is -2.24. The lowest BCUT2D eigenvalue weighted by molar-refractivity contribution is 0.0945. The summed E-state index contributed by atoms with van der Waals surface area (Å²) in [6.07, 6.45) is 4.64. The van der Waals surface area contributed by atoms with Gasteiger partial charge >= 0.3 is 0 Å². The Bertz CT molecular complexity index is 618. The van der Waals surface area contributed by atoms with Crippen molar-refractivity contribution in [2.75, 3.05) is 19.0 Å². The van der Waals surface area contributed by atoms with Crippen LogP contribution in [0.4, 0.5) is 5.82 Å². The van der Waals surface area contributed by atoms with Gasteiger partial charge < -0.3 is 15.4 Å². The summed E-state index contributed by atoms with van der Waals surface area (Å²) in [6, 6.07) is 3.57. The molecule has 0 aliphatic heterocycles. The van der Waals surface area contributed by atoms with Crippen LogP contribution in [0.25, 0.3) is 0 Å². The maximum Gasteiger partial charge on any atom is 0.271 e. The van der Waals surface area contributed by atoms with Crippen LogP contribution in [0.2, 0.25) is 0 Å². The maximum absolute atomic E-state index is 12.0. The fourth-order valence-electron chi connectivity index (χ4n) is 1.69. The van der Waals surface area contributed by atoms with Crippen LogP contribution in [0.15, 0.2) is 30.7 Å². The fraction of sp³-hybridized carbons (Fsp3) is 0.286. The van der Waals surface area contributed by atoms with Crippen LogP contribution in [-0.2, 0) is 6.54 Å². The molecule has 0 saturated heterocycles. The molecule has 0 aliphatic carbocycles. The molecule has 0 saturated carbocycles. The van der Waals surface area contributed by atoms with E-state index in [-0.39, 0.29) is 11.6 Å². The van der Waals surface area contributed by atoms with Gasteiger partial charge in [-0.1, -0.05) is 0 Å². The molecule has 0 bridgehead atoms. The number of rotatable bonds is 6. The fourth-order valence-corrected chi connectivity index (χ4v) is 1.69. The third kappa shape index (κ3) is 4.13. The quantitative estimate of drug-likeness (QED) is 0.831. The topological polar surface area (TPSA) is 89.0 Å². The van der Waals surface area contributed by atoms with Crippen LogP contribution >= 0.6 is 0 Å². The number of ether oxygens (including phenoxy) is 1. The molecule has 2 rings (SSSR count). The Morgan fingerprint density at radius 1 is 1.38 bits per heavy atom. The van der Waals surface area contributed by atoms with E-state index >= 15 is 0 Å². The van der Waals surface area contributed by atoms with Crippen molar-refractivity contribution >= 4 is 11.7 Å². The van der Waals surface area contributed by atoms with Crippen molar-refractivity contribution in [2.24, 2.45) is 0 Å². The number of anilines is 1. The normalized spacial score (nSPS) is 10.0. The molecule has 1 amide bonds. The van der Waals surface area contributed by atoms with Crippen LogP contribution in [-0.4, -0.2) is 34.5 Å². The third-order valence-corrected chi connectivity index (χ3v) is 2.69. The average molecular weight is 287 g/mol. The Hall–Kier alpha value is -2.70. The molecule has 2 aromatic rings. The molecule has 7 nitrogen and oxygen atoms in total. The van der Waals surface area contributed by atoms with Crippen LogP contribution in [0.3, 0.4) is 0 Å². The van der Waals surface area contributed by atoms with E-state index in [1.54, 1.807) is 25.6 Å². The first-order chi connectivity index (χ1) is 10.2. The molecule has 7 heteroatoms. The molecule has 2 aromatic heterocycles. The summed E-state index contributed by atoms with van der Waals surface area (Å²) in [5.41, 5.74) is 1.17. The summed E-state index contributed by atoms with van der Waals surface area (Å²) >= 11 is 0. The van der Waals surface area contributed by atoms with Crippen molar-refractivity contribution in [3.63, 3.8) is 0 Å². The Balaban J connectivity index is 1.99. The first-order valence-electron chi connectivity index (χ1n) is 6.56. The van der Waals surface area contributed by atoms with Crippen molar-refractivity contribution in [3.8, 4) is 5.88 Å². The minimum absolute atomic E-state index is 0.273. The van der Waals surface area contributed by atoms with E-state index in [9.17, 15) is 4.79 Å². The zero-order chi connectivity index (χ0) is 15.1. The second-order valence-electron chi connectivity index (χ2n) is 4.21. The highest BCUT2D eigenvalue weighted by Crippen LogP contribution is 2.08. The SMILES string of the molecule is CCNc1cncc(C(=O)NCc2ccnc(OC)c2)n1. The van der Waals surface area contributed by atoms with Gasteiger partial charge in [0.1, 0.15) is 11.5 Å². The molecule has 0 aromatic carbocycles. The maximum atomic E-state index is 12.0. The molecule has 2 N–H and O–H groups in total. The van der Waals surface area contributed by atoms with Gasteiger partial charge in [0.15, 0.2) is 0 Å². The Morgan fingerprint density at radius 2 is 2.24 bits per heavy atom. The van der Waals surface area contributed by atoms with E-state index in [1.165, 1.54) is 6.20 Å². The van der Waals surface area contributed by atoms with E-state index in [2.05, 4.69) is 25.6 Å². The highest BCUT2D eigenvalue weighted by Gasteiger charge is 2.08. The smallest absolute Gasteiger partial charge is 0.271 e. The number of methoxy groups -OCH3 is 1. The molecule has 110 valence electrons. The Morgan fingerprint density at radius 3 is 3.00 bits per heavy atom. The predicted octanol–water partition coefficient (Wildman–Crippen LogP) is 1.24. The number of hydrogen-bond acceptors (Lipinski definition) is 6. The van der Waals surface area contributed by atoms with Gasteiger partial charge in [0, 0.05) is 25.4 Å². The van der Waals surface area contributed by atoms with Gasteiger partial charge in [-0.3, -0.25) is 9.78 Å². The number of nitrogens with zero attached hydrogens (tertiary/aromatic N) is 3. The summed E-state index contributed by atoms with van der Waals surface area (Å²) in [5.74, 6) is 0.810. The summed E-state index contributed by atoms with van der Waals surface area (Å²) in [7, 11) is 1.55. The van der Waals surface area contributed by atoms with Crippen molar-refractivity contribution in [2.45, 2.75) is 13.5 Å². The monoisotopic (exact) mass is 287 g/mol. The summed E-state index contributed by atoms with van der Waals surface area (Å²) in [4.78, 5) is 24.2. The summed E-state index contributed by atoms with van der Waals surface area (Å²) in [6.45, 7) is 3.03. The Labute approximate surface area is 122 Å². The molecule has 0 unspecified atom stereocenters. The van der Waals surface area contributed by atoms with Crippen LogP contribution < -0.4 is 15.4 Å². The molecule has 2 heterocycles. The molecule has 0 atom stereocenters. The number of pyridine rings is 1. The highest BCUT2D eigenvalue weighted by atomic mass is 16.5. The number of carbonyl (C=O) groups is 1. The van der Waals surface area contributed by atoms with Crippen LogP contribution in [0, 0.1) is 0 Å². The zero-order valence-corrected chi connectivity index (χ0v) is 12.0. The highest BCUT2D eigenvalue weighted by molar-refractivity contribution is 5.92. The summed E-state index contributed by atoms with van der Waals surface area (Å²) < 4.78 is 5.03.